The fourth-order valence-corrected chi connectivity index (χ4v) is 3.94. The zero-order chi connectivity index (χ0) is 16.1. The van der Waals surface area contributed by atoms with Crippen molar-refractivity contribution in [3.05, 3.63) is 39.1 Å². The number of rotatable bonds is 1. The van der Waals surface area contributed by atoms with Crippen molar-refractivity contribution in [2.75, 3.05) is 0 Å². The number of benzene rings is 1. The minimum atomic E-state index is -0.838. The maximum absolute atomic E-state index is 12.4. The molecule has 0 aromatic heterocycles. The number of aliphatic hydroxyl groups is 1. The van der Waals surface area contributed by atoms with Crippen LogP contribution in [0.3, 0.4) is 0 Å². The summed E-state index contributed by atoms with van der Waals surface area (Å²) in [6.45, 7) is 1.79. The van der Waals surface area contributed by atoms with Crippen LogP contribution in [0.4, 0.5) is 0 Å². The molecule has 22 heavy (non-hydrogen) atoms. The zero-order valence-corrected chi connectivity index (χ0v) is 13.5. The molecule has 2 aliphatic rings. The standard InChI is InChI=1S/C16H15Cl2NO3/c1-8-6-9(17)7-11(18)12(8)13-14(21)16(19-15(13)22)4-2-10(20)3-5-16/h6-7,21H,2-5H2,1H3,(H,19,22). The first-order chi connectivity index (χ1) is 10.3. The third-order valence-corrected chi connectivity index (χ3v) is 4.95. The van der Waals surface area contributed by atoms with E-state index in [1.807, 2.05) is 0 Å². The lowest BCUT2D eigenvalue weighted by Gasteiger charge is -2.32. The Morgan fingerprint density at radius 3 is 2.41 bits per heavy atom. The van der Waals surface area contributed by atoms with Crippen LogP contribution in [0.1, 0.15) is 36.8 Å². The van der Waals surface area contributed by atoms with Crippen LogP contribution < -0.4 is 5.32 Å². The van der Waals surface area contributed by atoms with Crippen molar-refractivity contribution in [1.82, 2.24) is 5.32 Å². The lowest BCUT2D eigenvalue weighted by atomic mass is 9.80. The number of carbonyl (C=O) groups is 2. The average molecular weight is 340 g/mol. The van der Waals surface area contributed by atoms with E-state index in [1.165, 1.54) is 0 Å². The van der Waals surface area contributed by atoms with Crippen LogP contribution in [-0.4, -0.2) is 22.3 Å². The summed E-state index contributed by atoms with van der Waals surface area (Å²) in [5.41, 5.74) is 0.567. The summed E-state index contributed by atoms with van der Waals surface area (Å²) in [5, 5.41) is 14.3. The van der Waals surface area contributed by atoms with Gasteiger partial charge in [-0.3, -0.25) is 9.59 Å². The van der Waals surface area contributed by atoms with Gasteiger partial charge in [-0.25, -0.2) is 0 Å². The zero-order valence-electron chi connectivity index (χ0n) is 12.0. The highest BCUT2D eigenvalue weighted by atomic mass is 35.5. The quantitative estimate of drug-likeness (QED) is 0.821. The van der Waals surface area contributed by atoms with Crippen molar-refractivity contribution < 1.29 is 14.7 Å². The largest absolute Gasteiger partial charge is 0.509 e. The minimum absolute atomic E-state index is 0.0164. The molecule has 1 aliphatic carbocycles. The molecule has 0 bridgehead atoms. The summed E-state index contributed by atoms with van der Waals surface area (Å²) in [5.74, 6) is -0.224. The van der Waals surface area contributed by atoms with E-state index in [2.05, 4.69) is 5.32 Å². The number of aliphatic hydroxyl groups excluding tert-OH is 1. The molecule has 0 saturated heterocycles. The topological polar surface area (TPSA) is 66.4 Å². The molecule has 1 spiro atoms. The van der Waals surface area contributed by atoms with Crippen LogP contribution in [0.15, 0.2) is 17.9 Å². The second-order valence-electron chi connectivity index (χ2n) is 5.88. The smallest absolute Gasteiger partial charge is 0.256 e. The Morgan fingerprint density at radius 1 is 1.18 bits per heavy atom. The molecule has 1 aromatic rings. The summed E-state index contributed by atoms with van der Waals surface area (Å²) >= 11 is 12.2. The molecule has 3 rings (SSSR count). The molecule has 0 unspecified atom stereocenters. The molecule has 1 amide bonds. The lowest BCUT2D eigenvalue weighted by molar-refractivity contribution is -0.123. The van der Waals surface area contributed by atoms with Gasteiger partial charge in [-0.15, -0.1) is 0 Å². The molecular weight excluding hydrogens is 325 g/mol. The number of amides is 1. The molecule has 116 valence electrons. The molecule has 6 heteroatoms. The van der Waals surface area contributed by atoms with Crippen molar-refractivity contribution in [3.63, 3.8) is 0 Å². The van der Waals surface area contributed by atoms with Crippen LogP contribution >= 0.6 is 23.2 Å². The Morgan fingerprint density at radius 2 is 1.82 bits per heavy atom. The molecule has 1 aliphatic heterocycles. The summed E-state index contributed by atoms with van der Waals surface area (Å²) < 4.78 is 0. The molecule has 4 nitrogen and oxygen atoms in total. The van der Waals surface area contributed by atoms with Crippen LogP contribution in [0.25, 0.3) is 5.57 Å². The van der Waals surface area contributed by atoms with E-state index in [0.717, 1.165) is 5.56 Å². The van der Waals surface area contributed by atoms with E-state index in [-0.39, 0.29) is 23.0 Å². The highest BCUT2D eigenvalue weighted by molar-refractivity contribution is 6.38. The summed E-state index contributed by atoms with van der Waals surface area (Å²) in [7, 11) is 0. The number of aryl methyl sites for hydroxylation is 1. The second-order valence-corrected chi connectivity index (χ2v) is 6.72. The predicted molar refractivity (Wildman–Crippen MR) is 85.1 cm³/mol. The fraction of sp³-hybridized carbons (Fsp3) is 0.375. The summed E-state index contributed by atoms with van der Waals surface area (Å²) in [4.78, 5) is 23.9. The highest BCUT2D eigenvalue weighted by Gasteiger charge is 2.48. The van der Waals surface area contributed by atoms with Gasteiger partial charge in [0, 0.05) is 23.4 Å². The van der Waals surface area contributed by atoms with Crippen LogP contribution in [0.5, 0.6) is 0 Å². The number of halogens is 2. The third-order valence-electron chi connectivity index (χ3n) is 4.43. The van der Waals surface area contributed by atoms with Crippen molar-refractivity contribution in [2.45, 2.75) is 38.1 Å². The number of nitrogens with one attached hydrogen (secondary N) is 1. The number of ketones is 1. The van der Waals surface area contributed by atoms with Gasteiger partial charge < -0.3 is 10.4 Å². The molecule has 0 radical (unpaired) electrons. The Bertz CT molecular complexity index is 691. The third kappa shape index (κ3) is 2.31. The van der Waals surface area contributed by atoms with Crippen molar-refractivity contribution in [1.29, 1.82) is 0 Å². The van der Waals surface area contributed by atoms with Gasteiger partial charge in [0.25, 0.3) is 5.91 Å². The normalized spacial score (nSPS) is 20.7. The Hall–Kier alpha value is -1.52. The van der Waals surface area contributed by atoms with Gasteiger partial charge in [0.1, 0.15) is 11.5 Å². The van der Waals surface area contributed by atoms with Crippen LogP contribution in [0.2, 0.25) is 10.0 Å². The van der Waals surface area contributed by atoms with Crippen molar-refractivity contribution >= 4 is 40.5 Å². The van der Waals surface area contributed by atoms with E-state index in [9.17, 15) is 14.7 Å². The fourth-order valence-electron chi connectivity index (χ4n) is 3.25. The van der Waals surface area contributed by atoms with E-state index in [0.29, 0.717) is 41.3 Å². The second kappa shape index (κ2) is 5.28. The number of Topliss-reactive ketones (excluding diaryl/α,β-unsaturated/α-hetero) is 1. The molecule has 0 atom stereocenters. The molecule has 1 heterocycles. The van der Waals surface area contributed by atoms with Gasteiger partial charge in [0.2, 0.25) is 0 Å². The van der Waals surface area contributed by atoms with E-state index in [1.54, 1.807) is 19.1 Å². The molecule has 1 aromatic carbocycles. The van der Waals surface area contributed by atoms with E-state index in [4.69, 9.17) is 23.2 Å². The van der Waals surface area contributed by atoms with Crippen LogP contribution in [0, 0.1) is 6.92 Å². The van der Waals surface area contributed by atoms with Crippen LogP contribution in [-0.2, 0) is 9.59 Å². The number of hydrogen-bond donors (Lipinski definition) is 2. The number of hydrogen-bond acceptors (Lipinski definition) is 3. The lowest BCUT2D eigenvalue weighted by Crippen LogP contribution is -2.47. The van der Waals surface area contributed by atoms with Crippen molar-refractivity contribution in [3.8, 4) is 0 Å². The van der Waals surface area contributed by atoms with Crippen molar-refractivity contribution in [2.24, 2.45) is 0 Å². The number of carbonyl (C=O) groups excluding carboxylic acids is 2. The predicted octanol–water partition coefficient (Wildman–Crippen LogP) is 3.58. The first-order valence-corrected chi connectivity index (χ1v) is 7.83. The summed E-state index contributed by atoms with van der Waals surface area (Å²) in [6, 6.07) is 3.25. The Kier molecular flexibility index (Phi) is 3.69. The average Bonchev–Trinajstić information content (AvgIpc) is 2.66. The monoisotopic (exact) mass is 339 g/mol. The van der Waals surface area contributed by atoms with Gasteiger partial charge in [-0.2, -0.15) is 0 Å². The minimum Gasteiger partial charge on any atom is -0.509 e. The van der Waals surface area contributed by atoms with Gasteiger partial charge in [0.05, 0.1) is 16.1 Å². The van der Waals surface area contributed by atoms with Gasteiger partial charge in [0.15, 0.2) is 0 Å². The van der Waals surface area contributed by atoms with Gasteiger partial charge in [-0.05, 0) is 37.5 Å². The summed E-state index contributed by atoms with van der Waals surface area (Å²) in [6.07, 6.45) is 1.53. The van der Waals surface area contributed by atoms with E-state index >= 15 is 0 Å². The Balaban J connectivity index is 2.12. The first kappa shape index (κ1) is 15.4. The Labute approximate surface area is 138 Å². The first-order valence-electron chi connectivity index (χ1n) is 7.08. The van der Waals surface area contributed by atoms with Gasteiger partial charge >= 0.3 is 0 Å². The molecule has 1 saturated carbocycles. The maximum Gasteiger partial charge on any atom is 0.256 e. The highest BCUT2D eigenvalue weighted by Crippen LogP contribution is 2.43. The SMILES string of the molecule is Cc1cc(Cl)cc(Cl)c1C1=C(O)C2(CCC(=O)CC2)NC1=O. The maximum atomic E-state index is 12.4. The molecular formula is C16H15Cl2NO3. The molecule has 2 N–H and O–H groups in total. The van der Waals surface area contributed by atoms with Gasteiger partial charge in [-0.1, -0.05) is 23.2 Å². The van der Waals surface area contributed by atoms with E-state index < -0.39 is 5.54 Å². The molecule has 1 fully saturated rings.